The molecule has 2 aliphatic rings. The third kappa shape index (κ3) is 4.23. The van der Waals surface area contributed by atoms with Crippen LogP contribution in [-0.4, -0.2) is 76.5 Å². The van der Waals surface area contributed by atoms with Crippen molar-refractivity contribution in [3.63, 3.8) is 0 Å². The number of anilines is 2. The number of ether oxygens (including phenoxy) is 1. The maximum Gasteiger partial charge on any atom is 0.228 e. The Morgan fingerprint density at radius 3 is 2.52 bits per heavy atom. The van der Waals surface area contributed by atoms with E-state index >= 15 is 0 Å². The number of benzene rings is 1. The first-order valence-electron chi connectivity index (χ1n) is 10.9. The fraction of sp³-hybridized carbons (Fsp3) is 0.348. The number of hydrogen-bond donors (Lipinski definition) is 0. The van der Waals surface area contributed by atoms with Gasteiger partial charge in [0.15, 0.2) is 11.6 Å². The van der Waals surface area contributed by atoms with Gasteiger partial charge < -0.3 is 19.4 Å². The van der Waals surface area contributed by atoms with Crippen molar-refractivity contribution in [2.24, 2.45) is 5.92 Å². The van der Waals surface area contributed by atoms with E-state index in [0.717, 1.165) is 11.5 Å². The molecule has 2 aromatic heterocycles. The number of methoxy groups -OCH3 is 1. The number of carbonyl (C=O) groups is 2. The minimum Gasteiger partial charge on any atom is -0.497 e. The number of hydrogen-bond acceptors (Lipinski definition) is 7. The van der Waals surface area contributed by atoms with Gasteiger partial charge in [0.2, 0.25) is 11.8 Å². The molecule has 2 fully saturated rings. The normalized spacial score (nSPS) is 18.6. The lowest BCUT2D eigenvalue weighted by molar-refractivity contribution is -0.136. The van der Waals surface area contributed by atoms with Crippen molar-refractivity contribution in [3.05, 3.63) is 54.9 Å². The molecule has 0 saturated carbocycles. The van der Waals surface area contributed by atoms with Crippen LogP contribution in [0.2, 0.25) is 0 Å². The molecule has 0 aliphatic carbocycles. The summed E-state index contributed by atoms with van der Waals surface area (Å²) in [5.41, 5.74) is 0.761. The van der Waals surface area contributed by atoms with Crippen LogP contribution in [-0.2, 0) is 9.59 Å². The summed E-state index contributed by atoms with van der Waals surface area (Å²) in [7, 11) is 1.59. The molecule has 1 atom stereocenters. The zero-order valence-corrected chi connectivity index (χ0v) is 18.4. The second-order valence-corrected chi connectivity index (χ2v) is 8.12. The van der Waals surface area contributed by atoms with E-state index in [1.54, 1.807) is 22.9 Å². The number of amides is 2. The van der Waals surface area contributed by atoms with Crippen LogP contribution in [0.1, 0.15) is 6.42 Å². The van der Waals surface area contributed by atoms with Gasteiger partial charge in [-0.15, -0.1) is 10.2 Å². The molecule has 33 heavy (non-hydrogen) atoms. The van der Waals surface area contributed by atoms with Crippen LogP contribution in [0.25, 0.3) is 5.82 Å². The molecule has 170 valence electrons. The summed E-state index contributed by atoms with van der Waals surface area (Å²) < 4.78 is 6.92. The van der Waals surface area contributed by atoms with Crippen LogP contribution in [0.4, 0.5) is 11.5 Å². The second-order valence-electron chi connectivity index (χ2n) is 8.12. The van der Waals surface area contributed by atoms with E-state index in [1.807, 2.05) is 53.6 Å². The molecule has 2 saturated heterocycles. The number of rotatable bonds is 5. The fourth-order valence-corrected chi connectivity index (χ4v) is 4.33. The van der Waals surface area contributed by atoms with Crippen LogP contribution < -0.4 is 14.5 Å². The highest BCUT2D eigenvalue weighted by Crippen LogP contribution is 2.29. The lowest BCUT2D eigenvalue weighted by atomic mass is 10.1. The molecule has 10 nitrogen and oxygen atoms in total. The van der Waals surface area contributed by atoms with Gasteiger partial charge in [0.25, 0.3) is 0 Å². The summed E-state index contributed by atoms with van der Waals surface area (Å²) in [6.07, 6.45) is 3.74. The Hall–Kier alpha value is -3.95. The number of aromatic nitrogens is 4. The maximum absolute atomic E-state index is 13.1. The van der Waals surface area contributed by atoms with Crippen molar-refractivity contribution in [3.8, 4) is 11.6 Å². The Morgan fingerprint density at radius 1 is 1.03 bits per heavy atom. The van der Waals surface area contributed by atoms with Crippen molar-refractivity contribution in [1.29, 1.82) is 0 Å². The van der Waals surface area contributed by atoms with E-state index in [2.05, 4.69) is 20.2 Å². The Balaban J connectivity index is 1.18. The third-order valence-corrected chi connectivity index (χ3v) is 6.13. The largest absolute Gasteiger partial charge is 0.497 e. The van der Waals surface area contributed by atoms with E-state index < -0.39 is 0 Å². The molecular formula is C23H25N7O3. The van der Waals surface area contributed by atoms with Gasteiger partial charge in [-0.05, 0) is 30.3 Å². The van der Waals surface area contributed by atoms with Gasteiger partial charge in [-0.3, -0.25) is 9.59 Å². The van der Waals surface area contributed by atoms with Gasteiger partial charge in [0.05, 0.1) is 13.0 Å². The van der Waals surface area contributed by atoms with Crippen molar-refractivity contribution >= 4 is 23.3 Å². The molecule has 0 radical (unpaired) electrons. The number of piperazine rings is 1. The van der Waals surface area contributed by atoms with Gasteiger partial charge in [0.1, 0.15) is 5.75 Å². The van der Waals surface area contributed by atoms with Gasteiger partial charge in [0, 0.05) is 63.3 Å². The fourth-order valence-electron chi connectivity index (χ4n) is 4.33. The van der Waals surface area contributed by atoms with E-state index in [0.29, 0.717) is 44.3 Å². The first-order valence-corrected chi connectivity index (χ1v) is 10.9. The van der Waals surface area contributed by atoms with Crippen molar-refractivity contribution < 1.29 is 14.3 Å². The third-order valence-electron chi connectivity index (χ3n) is 6.13. The molecule has 10 heteroatoms. The van der Waals surface area contributed by atoms with Gasteiger partial charge in [-0.25, -0.2) is 4.68 Å². The van der Waals surface area contributed by atoms with Crippen LogP contribution in [0.5, 0.6) is 5.75 Å². The zero-order valence-electron chi connectivity index (χ0n) is 18.4. The Labute approximate surface area is 191 Å². The van der Waals surface area contributed by atoms with E-state index in [9.17, 15) is 9.59 Å². The highest BCUT2D eigenvalue weighted by atomic mass is 16.5. The summed E-state index contributed by atoms with van der Waals surface area (Å²) in [6, 6.07) is 13.0. The van der Waals surface area contributed by atoms with Gasteiger partial charge >= 0.3 is 0 Å². The molecule has 0 N–H and O–H groups in total. The average Bonchev–Trinajstić information content (AvgIpc) is 3.54. The maximum atomic E-state index is 13.1. The Morgan fingerprint density at radius 2 is 1.82 bits per heavy atom. The van der Waals surface area contributed by atoms with E-state index in [4.69, 9.17) is 4.74 Å². The number of nitrogens with zero attached hydrogens (tertiary/aromatic N) is 7. The highest BCUT2D eigenvalue weighted by molar-refractivity contribution is 6.00. The molecule has 0 spiro atoms. The Bertz CT molecular complexity index is 1130. The second kappa shape index (κ2) is 8.89. The van der Waals surface area contributed by atoms with Crippen LogP contribution in [0, 0.1) is 5.92 Å². The minimum atomic E-state index is -0.330. The van der Waals surface area contributed by atoms with Gasteiger partial charge in [-0.1, -0.05) is 6.07 Å². The lowest BCUT2D eigenvalue weighted by Gasteiger charge is -2.36. The first-order chi connectivity index (χ1) is 16.1. The molecule has 2 aliphatic heterocycles. The zero-order chi connectivity index (χ0) is 22.8. The summed E-state index contributed by atoms with van der Waals surface area (Å²) in [6.45, 7) is 2.91. The minimum absolute atomic E-state index is 0.0345. The SMILES string of the molecule is COc1cccc(N2CC(C(=O)N3CCN(c4ccc(-n5cccn5)nn4)CC3)CC2=O)c1. The lowest BCUT2D eigenvalue weighted by Crippen LogP contribution is -2.51. The molecule has 4 heterocycles. The monoisotopic (exact) mass is 447 g/mol. The molecule has 1 unspecified atom stereocenters. The summed E-state index contributed by atoms with van der Waals surface area (Å²) in [5.74, 6) is 1.79. The van der Waals surface area contributed by atoms with E-state index in [1.165, 1.54) is 0 Å². The molecular weight excluding hydrogens is 422 g/mol. The van der Waals surface area contributed by atoms with Crippen molar-refractivity contribution in [1.82, 2.24) is 24.9 Å². The summed E-state index contributed by atoms with van der Waals surface area (Å²) >= 11 is 0. The molecule has 3 aromatic rings. The first kappa shape index (κ1) is 20.9. The summed E-state index contributed by atoms with van der Waals surface area (Å²) in [4.78, 5) is 31.4. The molecule has 0 bridgehead atoms. The highest BCUT2D eigenvalue weighted by Gasteiger charge is 2.38. The molecule has 5 rings (SSSR count). The average molecular weight is 447 g/mol. The van der Waals surface area contributed by atoms with Gasteiger partial charge in [-0.2, -0.15) is 5.10 Å². The molecule has 1 aromatic carbocycles. The van der Waals surface area contributed by atoms with Crippen LogP contribution in [0.15, 0.2) is 54.9 Å². The number of carbonyl (C=O) groups excluding carboxylic acids is 2. The van der Waals surface area contributed by atoms with Crippen molar-refractivity contribution in [2.45, 2.75) is 6.42 Å². The smallest absolute Gasteiger partial charge is 0.228 e. The van der Waals surface area contributed by atoms with E-state index in [-0.39, 0.29) is 24.2 Å². The topological polar surface area (TPSA) is 96.7 Å². The standard InChI is InChI=1S/C23H25N7O3/c1-33-19-5-2-4-18(15-19)29-16-17(14-22(29)31)23(32)28-12-10-27(11-13-28)20-6-7-21(26-25-20)30-9-3-8-24-30/h2-9,15,17H,10-14,16H2,1H3. The predicted octanol–water partition coefficient (Wildman–Crippen LogP) is 1.37. The van der Waals surface area contributed by atoms with Crippen LogP contribution in [0.3, 0.4) is 0 Å². The molecule has 2 amide bonds. The van der Waals surface area contributed by atoms with Crippen LogP contribution >= 0.6 is 0 Å². The predicted molar refractivity (Wildman–Crippen MR) is 121 cm³/mol. The van der Waals surface area contributed by atoms with Crippen molar-refractivity contribution in [2.75, 3.05) is 49.6 Å². The quantitative estimate of drug-likeness (QED) is 0.583. The Kier molecular flexibility index (Phi) is 5.64. The summed E-state index contributed by atoms with van der Waals surface area (Å²) in [5, 5.41) is 12.7.